The zero-order valence-corrected chi connectivity index (χ0v) is 9.55. The van der Waals surface area contributed by atoms with E-state index in [9.17, 15) is 0 Å². The van der Waals surface area contributed by atoms with Gasteiger partial charge in [-0.15, -0.1) is 0 Å². The van der Waals surface area contributed by atoms with Gasteiger partial charge >= 0.3 is 0 Å². The zero-order chi connectivity index (χ0) is 10.5. The van der Waals surface area contributed by atoms with Crippen LogP contribution >= 0.6 is 0 Å². The van der Waals surface area contributed by atoms with Crippen LogP contribution in [0.15, 0.2) is 12.1 Å². The van der Waals surface area contributed by atoms with Crippen LogP contribution in [0.1, 0.15) is 30.7 Å². The van der Waals surface area contributed by atoms with Gasteiger partial charge in [0, 0.05) is 24.5 Å². The summed E-state index contributed by atoms with van der Waals surface area (Å²) in [7, 11) is 1.98. The standard InChI is InChI=1S/C12H21N3/c1-13-9-11-5-6-12(14-11)10-15-7-3-2-4-8-15/h5-6,13-14H,2-4,7-10H2,1H3. The van der Waals surface area contributed by atoms with Gasteiger partial charge in [0.15, 0.2) is 0 Å². The van der Waals surface area contributed by atoms with Crippen LogP contribution in [0.5, 0.6) is 0 Å². The Morgan fingerprint density at radius 3 is 2.67 bits per heavy atom. The summed E-state index contributed by atoms with van der Waals surface area (Å²) in [6.45, 7) is 4.55. The summed E-state index contributed by atoms with van der Waals surface area (Å²) in [6, 6.07) is 4.39. The van der Waals surface area contributed by atoms with Crippen LogP contribution < -0.4 is 5.32 Å². The van der Waals surface area contributed by atoms with E-state index in [2.05, 4.69) is 27.3 Å². The Hall–Kier alpha value is -0.800. The van der Waals surface area contributed by atoms with Crippen LogP contribution in [-0.4, -0.2) is 30.0 Å². The molecule has 0 bridgehead atoms. The van der Waals surface area contributed by atoms with E-state index in [-0.39, 0.29) is 0 Å². The van der Waals surface area contributed by atoms with E-state index in [0.29, 0.717) is 0 Å². The Labute approximate surface area is 91.9 Å². The molecule has 1 aromatic rings. The first-order chi connectivity index (χ1) is 7.38. The maximum absolute atomic E-state index is 3.46. The molecule has 0 aromatic carbocycles. The van der Waals surface area contributed by atoms with Crippen molar-refractivity contribution < 1.29 is 0 Å². The van der Waals surface area contributed by atoms with Crippen molar-refractivity contribution >= 4 is 0 Å². The lowest BCUT2D eigenvalue weighted by atomic mass is 10.1. The highest BCUT2D eigenvalue weighted by atomic mass is 15.1. The molecule has 1 saturated heterocycles. The van der Waals surface area contributed by atoms with Gasteiger partial charge in [-0.25, -0.2) is 0 Å². The summed E-state index contributed by atoms with van der Waals surface area (Å²) in [5, 5.41) is 3.16. The first kappa shape index (κ1) is 10.7. The Balaban J connectivity index is 1.86. The van der Waals surface area contributed by atoms with Crippen molar-refractivity contribution in [2.75, 3.05) is 20.1 Å². The molecule has 1 aliphatic rings. The van der Waals surface area contributed by atoms with Gasteiger partial charge in [-0.3, -0.25) is 4.90 Å². The van der Waals surface area contributed by atoms with E-state index < -0.39 is 0 Å². The van der Waals surface area contributed by atoms with Gasteiger partial charge < -0.3 is 10.3 Å². The molecular weight excluding hydrogens is 186 g/mol. The lowest BCUT2D eigenvalue weighted by molar-refractivity contribution is 0.219. The summed E-state index contributed by atoms with van der Waals surface area (Å²) in [6.07, 6.45) is 4.14. The molecular formula is C12H21N3. The Morgan fingerprint density at radius 2 is 1.93 bits per heavy atom. The van der Waals surface area contributed by atoms with Gasteiger partial charge in [-0.2, -0.15) is 0 Å². The molecule has 0 saturated carbocycles. The van der Waals surface area contributed by atoms with Gasteiger partial charge in [-0.05, 0) is 45.1 Å². The summed E-state index contributed by atoms with van der Waals surface area (Å²) >= 11 is 0. The number of rotatable bonds is 4. The quantitative estimate of drug-likeness (QED) is 0.787. The van der Waals surface area contributed by atoms with Crippen molar-refractivity contribution in [3.05, 3.63) is 23.5 Å². The van der Waals surface area contributed by atoms with E-state index in [1.54, 1.807) is 0 Å². The van der Waals surface area contributed by atoms with Crippen molar-refractivity contribution in [2.45, 2.75) is 32.4 Å². The first-order valence-corrected chi connectivity index (χ1v) is 5.92. The topological polar surface area (TPSA) is 31.1 Å². The fraction of sp³-hybridized carbons (Fsp3) is 0.667. The van der Waals surface area contributed by atoms with Crippen LogP contribution in [-0.2, 0) is 13.1 Å². The molecule has 0 spiro atoms. The van der Waals surface area contributed by atoms with E-state index in [0.717, 1.165) is 13.1 Å². The number of nitrogens with zero attached hydrogens (tertiary/aromatic N) is 1. The summed E-state index contributed by atoms with van der Waals surface area (Å²) in [5.74, 6) is 0. The van der Waals surface area contributed by atoms with Crippen molar-refractivity contribution in [2.24, 2.45) is 0 Å². The molecule has 3 nitrogen and oxygen atoms in total. The van der Waals surface area contributed by atoms with E-state index >= 15 is 0 Å². The lowest BCUT2D eigenvalue weighted by Crippen LogP contribution is -2.29. The van der Waals surface area contributed by atoms with Crippen LogP contribution in [0.25, 0.3) is 0 Å². The average Bonchev–Trinajstić information content (AvgIpc) is 2.68. The molecule has 0 aliphatic carbocycles. The third kappa shape index (κ3) is 3.08. The summed E-state index contributed by atoms with van der Waals surface area (Å²) in [4.78, 5) is 6.00. The fourth-order valence-corrected chi connectivity index (χ4v) is 2.23. The molecule has 2 rings (SSSR count). The first-order valence-electron chi connectivity index (χ1n) is 5.92. The van der Waals surface area contributed by atoms with Crippen molar-refractivity contribution in [3.8, 4) is 0 Å². The van der Waals surface area contributed by atoms with Crippen LogP contribution in [0, 0.1) is 0 Å². The van der Waals surface area contributed by atoms with E-state index in [1.165, 1.54) is 43.7 Å². The predicted octanol–water partition coefficient (Wildman–Crippen LogP) is 1.72. The minimum Gasteiger partial charge on any atom is -0.360 e. The highest BCUT2D eigenvalue weighted by Crippen LogP contribution is 2.12. The molecule has 0 radical (unpaired) electrons. The molecule has 84 valence electrons. The largest absolute Gasteiger partial charge is 0.360 e. The Kier molecular flexibility index (Phi) is 3.80. The minimum atomic E-state index is 0.931. The Morgan fingerprint density at radius 1 is 1.20 bits per heavy atom. The molecule has 0 atom stereocenters. The van der Waals surface area contributed by atoms with E-state index in [1.807, 2.05) is 7.05 Å². The number of piperidine rings is 1. The predicted molar refractivity (Wildman–Crippen MR) is 62.7 cm³/mol. The highest BCUT2D eigenvalue weighted by molar-refractivity contribution is 5.12. The van der Waals surface area contributed by atoms with Gasteiger partial charge in [0.1, 0.15) is 0 Å². The average molecular weight is 207 g/mol. The molecule has 1 fully saturated rings. The highest BCUT2D eigenvalue weighted by Gasteiger charge is 2.10. The fourth-order valence-electron chi connectivity index (χ4n) is 2.23. The van der Waals surface area contributed by atoms with Gasteiger partial charge in [0.2, 0.25) is 0 Å². The number of hydrogen-bond donors (Lipinski definition) is 2. The van der Waals surface area contributed by atoms with Gasteiger partial charge in [-0.1, -0.05) is 6.42 Å². The van der Waals surface area contributed by atoms with Crippen molar-refractivity contribution in [1.82, 2.24) is 15.2 Å². The number of aromatic nitrogens is 1. The molecule has 0 unspecified atom stereocenters. The van der Waals surface area contributed by atoms with Crippen LogP contribution in [0.4, 0.5) is 0 Å². The number of aromatic amines is 1. The normalized spacial score (nSPS) is 18.2. The van der Waals surface area contributed by atoms with Crippen molar-refractivity contribution in [1.29, 1.82) is 0 Å². The number of nitrogens with one attached hydrogen (secondary N) is 2. The monoisotopic (exact) mass is 207 g/mol. The van der Waals surface area contributed by atoms with Gasteiger partial charge in [0.05, 0.1) is 0 Å². The third-order valence-electron chi connectivity index (χ3n) is 3.02. The SMILES string of the molecule is CNCc1ccc(CN2CCCCC2)[nH]1. The maximum Gasteiger partial charge on any atom is 0.0385 e. The minimum absolute atomic E-state index is 0.931. The number of likely N-dealkylation sites (tertiary alicyclic amines) is 1. The molecule has 0 amide bonds. The lowest BCUT2D eigenvalue weighted by Gasteiger charge is -2.25. The Bertz CT molecular complexity index is 287. The van der Waals surface area contributed by atoms with Crippen LogP contribution in [0.3, 0.4) is 0 Å². The second kappa shape index (κ2) is 5.33. The molecule has 3 heteroatoms. The molecule has 15 heavy (non-hydrogen) atoms. The van der Waals surface area contributed by atoms with Crippen LogP contribution in [0.2, 0.25) is 0 Å². The molecule has 1 aromatic heterocycles. The number of hydrogen-bond acceptors (Lipinski definition) is 2. The van der Waals surface area contributed by atoms with Gasteiger partial charge in [0.25, 0.3) is 0 Å². The maximum atomic E-state index is 3.46. The summed E-state index contributed by atoms with van der Waals surface area (Å²) in [5.41, 5.74) is 2.63. The third-order valence-corrected chi connectivity index (χ3v) is 3.02. The molecule has 2 N–H and O–H groups in total. The second-order valence-electron chi connectivity index (χ2n) is 4.38. The second-order valence-corrected chi connectivity index (χ2v) is 4.38. The summed E-state index contributed by atoms with van der Waals surface area (Å²) < 4.78 is 0. The smallest absolute Gasteiger partial charge is 0.0385 e. The zero-order valence-electron chi connectivity index (χ0n) is 9.55. The molecule has 2 heterocycles. The van der Waals surface area contributed by atoms with Crippen molar-refractivity contribution in [3.63, 3.8) is 0 Å². The molecule has 1 aliphatic heterocycles. The van der Waals surface area contributed by atoms with E-state index in [4.69, 9.17) is 0 Å². The number of H-pyrrole nitrogens is 1.